The van der Waals surface area contributed by atoms with E-state index in [1.165, 1.54) is 50.6 Å². The summed E-state index contributed by atoms with van der Waals surface area (Å²) in [6.45, 7) is 3.38. The quantitative estimate of drug-likeness (QED) is 0.604. The minimum atomic E-state index is -4.14. The minimum absolute atomic E-state index is 0.0345. The van der Waals surface area contributed by atoms with Crippen molar-refractivity contribution in [3.63, 3.8) is 0 Å². The average Bonchev–Trinajstić information content (AvgIpc) is 2.72. The van der Waals surface area contributed by atoms with Crippen molar-refractivity contribution in [3.05, 3.63) is 53.6 Å². The molecule has 9 heteroatoms. The first kappa shape index (κ1) is 22.2. The van der Waals surface area contributed by atoms with E-state index in [4.69, 9.17) is 9.47 Å². The Bertz CT molecular complexity index is 984. The highest BCUT2D eigenvalue weighted by atomic mass is 32.2. The maximum absolute atomic E-state index is 13.3. The van der Waals surface area contributed by atoms with Gasteiger partial charge in [0.15, 0.2) is 0 Å². The molecule has 0 aliphatic heterocycles. The molecule has 156 valence electrons. The van der Waals surface area contributed by atoms with E-state index in [0.29, 0.717) is 17.9 Å². The van der Waals surface area contributed by atoms with Crippen LogP contribution in [0.15, 0.2) is 47.4 Å². The zero-order valence-electron chi connectivity index (χ0n) is 16.7. The van der Waals surface area contributed by atoms with Crippen molar-refractivity contribution in [2.75, 3.05) is 31.7 Å². The predicted octanol–water partition coefficient (Wildman–Crippen LogP) is 2.55. The van der Waals surface area contributed by atoms with Gasteiger partial charge in [0.25, 0.3) is 10.0 Å². The zero-order valence-corrected chi connectivity index (χ0v) is 17.5. The first-order chi connectivity index (χ1) is 13.7. The summed E-state index contributed by atoms with van der Waals surface area (Å²) in [7, 11) is -1.74. The van der Waals surface area contributed by atoms with Crippen molar-refractivity contribution in [1.82, 2.24) is 0 Å². The summed E-state index contributed by atoms with van der Waals surface area (Å²) in [5.74, 6) is -0.847. The van der Waals surface area contributed by atoms with Gasteiger partial charge in [-0.05, 0) is 55.8 Å². The Morgan fingerprint density at radius 2 is 1.66 bits per heavy atom. The van der Waals surface area contributed by atoms with Gasteiger partial charge in [-0.2, -0.15) is 0 Å². The van der Waals surface area contributed by atoms with E-state index in [1.54, 1.807) is 13.0 Å². The van der Waals surface area contributed by atoms with Gasteiger partial charge in [0.2, 0.25) is 0 Å². The zero-order chi connectivity index (χ0) is 21.6. The van der Waals surface area contributed by atoms with Crippen LogP contribution in [0.25, 0.3) is 0 Å². The predicted molar refractivity (Wildman–Crippen MR) is 107 cm³/mol. The highest BCUT2D eigenvalue weighted by Crippen LogP contribution is 2.29. The second-order valence-corrected chi connectivity index (χ2v) is 7.85. The van der Waals surface area contributed by atoms with Crippen LogP contribution >= 0.6 is 0 Å². The van der Waals surface area contributed by atoms with Crippen LogP contribution in [-0.4, -0.2) is 47.7 Å². The second-order valence-electron chi connectivity index (χ2n) is 5.99. The Morgan fingerprint density at radius 1 is 1.00 bits per heavy atom. The summed E-state index contributed by atoms with van der Waals surface area (Å²) < 4.78 is 42.3. The molecule has 0 saturated carbocycles. The van der Waals surface area contributed by atoms with Gasteiger partial charge in [0.05, 0.1) is 37.0 Å². The van der Waals surface area contributed by atoms with E-state index in [0.717, 1.165) is 4.31 Å². The fourth-order valence-electron chi connectivity index (χ4n) is 2.61. The molecule has 0 aliphatic carbocycles. The van der Waals surface area contributed by atoms with Crippen LogP contribution in [0.2, 0.25) is 0 Å². The van der Waals surface area contributed by atoms with Crippen molar-refractivity contribution >= 4 is 27.6 Å². The number of nitrogens with zero attached hydrogens (tertiary/aromatic N) is 1. The number of ether oxygens (including phenoxy) is 3. The lowest BCUT2D eigenvalue weighted by Crippen LogP contribution is -2.37. The molecule has 0 atom stereocenters. The maximum Gasteiger partial charge on any atom is 0.337 e. The van der Waals surface area contributed by atoms with E-state index in [2.05, 4.69) is 4.74 Å². The molecule has 0 saturated heterocycles. The summed E-state index contributed by atoms with van der Waals surface area (Å²) in [4.78, 5) is 23.8. The number of methoxy groups -OCH3 is 2. The largest absolute Gasteiger partial charge is 0.494 e. The van der Waals surface area contributed by atoms with E-state index >= 15 is 0 Å². The first-order valence-corrected chi connectivity index (χ1v) is 10.2. The molecule has 29 heavy (non-hydrogen) atoms. The van der Waals surface area contributed by atoms with Crippen LogP contribution < -0.4 is 9.04 Å². The van der Waals surface area contributed by atoms with Gasteiger partial charge in [-0.1, -0.05) is 6.07 Å². The number of hydrogen-bond donors (Lipinski definition) is 0. The van der Waals surface area contributed by atoms with E-state index in [-0.39, 0.29) is 16.1 Å². The maximum atomic E-state index is 13.3. The fraction of sp³-hybridized carbons (Fsp3) is 0.300. The van der Waals surface area contributed by atoms with Crippen LogP contribution in [0.3, 0.4) is 0 Å². The Labute approximate surface area is 170 Å². The van der Waals surface area contributed by atoms with Gasteiger partial charge >= 0.3 is 11.9 Å². The molecule has 0 fully saturated rings. The third-order valence-electron chi connectivity index (χ3n) is 4.12. The number of rotatable bonds is 8. The van der Waals surface area contributed by atoms with Crippen molar-refractivity contribution < 1.29 is 32.2 Å². The molecular weight excluding hydrogens is 398 g/mol. The van der Waals surface area contributed by atoms with Crippen LogP contribution in [0.5, 0.6) is 5.75 Å². The molecule has 0 aliphatic rings. The molecule has 0 bridgehead atoms. The number of esters is 2. The summed E-state index contributed by atoms with van der Waals surface area (Å²) in [6.07, 6.45) is 0. The first-order valence-electron chi connectivity index (χ1n) is 8.76. The summed E-state index contributed by atoms with van der Waals surface area (Å²) >= 11 is 0. The smallest absolute Gasteiger partial charge is 0.337 e. The number of hydrogen-bond acceptors (Lipinski definition) is 7. The number of carbonyl (C=O) groups excluding carboxylic acids is 2. The van der Waals surface area contributed by atoms with Crippen LogP contribution in [0.1, 0.15) is 22.8 Å². The van der Waals surface area contributed by atoms with Crippen LogP contribution in [-0.2, 0) is 24.3 Å². The molecule has 0 radical (unpaired) electrons. The summed E-state index contributed by atoms with van der Waals surface area (Å²) in [5.41, 5.74) is 0.883. The Hall–Kier alpha value is -3.07. The normalized spacial score (nSPS) is 10.9. The molecule has 0 heterocycles. The molecule has 2 aromatic rings. The van der Waals surface area contributed by atoms with Crippen molar-refractivity contribution in [2.45, 2.75) is 18.7 Å². The van der Waals surface area contributed by atoms with Crippen molar-refractivity contribution in [3.8, 4) is 5.75 Å². The monoisotopic (exact) mass is 421 g/mol. The van der Waals surface area contributed by atoms with Crippen molar-refractivity contribution in [2.24, 2.45) is 0 Å². The molecule has 0 unspecified atom stereocenters. The third-order valence-corrected chi connectivity index (χ3v) is 5.90. The summed E-state index contributed by atoms with van der Waals surface area (Å²) in [5, 5.41) is 0. The molecule has 2 rings (SSSR count). The molecule has 0 amide bonds. The number of sulfonamides is 1. The van der Waals surface area contributed by atoms with Gasteiger partial charge in [0, 0.05) is 0 Å². The Balaban J connectivity index is 2.58. The van der Waals surface area contributed by atoms with E-state index < -0.39 is 28.5 Å². The molecule has 0 spiro atoms. The van der Waals surface area contributed by atoms with Crippen LogP contribution in [0.4, 0.5) is 5.69 Å². The topological polar surface area (TPSA) is 99.2 Å². The molecule has 2 aromatic carbocycles. The SMILES string of the molecule is CCOc1ccc(S(=O)(=O)N(CC(=O)OC)c2cc(C(=O)OC)ccc2C)cc1. The number of aryl methyl sites for hydroxylation is 1. The lowest BCUT2D eigenvalue weighted by atomic mass is 10.1. The molecule has 8 nitrogen and oxygen atoms in total. The van der Waals surface area contributed by atoms with Gasteiger partial charge in [0.1, 0.15) is 12.3 Å². The number of anilines is 1. The molecule has 0 N–H and O–H groups in total. The fourth-order valence-corrected chi connectivity index (χ4v) is 4.07. The average molecular weight is 421 g/mol. The van der Waals surface area contributed by atoms with Gasteiger partial charge in [-0.25, -0.2) is 13.2 Å². The Kier molecular flexibility index (Phi) is 7.22. The van der Waals surface area contributed by atoms with Gasteiger partial charge in [-0.3, -0.25) is 9.10 Å². The lowest BCUT2D eigenvalue weighted by Gasteiger charge is -2.25. The summed E-state index contributed by atoms with van der Waals surface area (Å²) in [6, 6.07) is 10.3. The van der Waals surface area contributed by atoms with Crippen LogP contribution in [0, 0.1) is 6.92 Å². The van der Waals surface area contributed by atoms with E-state index in [1.807, 2.05) is 6.92 Å². The highest BCUT2D eigenvalue weighted by Gasteiger charge is 2.29. The lowest BCUT2D eigenvalue weighted by molar-refractivity contribution is -0.138. The standard InChI is InChI=1S/C20H23NO7S/c1-5-28-16-8-10-17(11-9-16)29(24,25)21(13-19(22)26-3)18-12-15(20(23)27-4)7-6-14(18)2/h6-12H,5,13H2,1-4H3. The second kappa shape index (κ2) is 9.42. The molecule has 0 aromatic heterocycles. The third kappa shape index (κ3) is 5.05. The van der Waals surface area contributed by atoms with E-state index in [9.17, 15) is 18.0 Å². The van der Waals surface area contributed by atoms with Crippen molar-refractivity contribution in [1.29, 1.82) is 0 Å². The minimum Gasteiger partial charge on any atom is -0.494 e. The van der Waals surface area contributed by atoms with Gasteiger partial charge < -0.3 is 14.2 Å². The highest BCUT2D eigenvalue weighted by molar-refractivity contribution is 7.92. The Morgan fingerprint density at radius 3 is 2.21 bits per heavy atom. The van der Waals surface area contributed by atoms with Gasteiger partial charge in [-0.15, -0.1) is 0 Å². The number of carbonyl (C=O) groups is 2. The number of benzene rings is 2. The molecular formula is C20H23NO7S.